The second-order valence-electron chi connectivity index (χ2n) is 3.53. The van der Waals surface area contributed by atoms with Gasteiger partial charge in [-0.15, -0.1) is 0 Å². The van der Waals surface area contributed by atoms with E-state index in [1.54, 1.807) is 12.1 Å². The zero-order chi connectivity index (χ0) is 11.6. The molecule has 0 heterocycles. The number of esters is 1. The number of Topliss-reactive ketones (excluding diaryl/α,β-unsaturated/α-hetero) is 1. The van der Waals surface area contributed by atoms with Crippen molar-refractivity contribution in [1.82, 2.24) is 0 Å². The molecule has 3 nitrogen and oxygen atoms in total. The Balaban J connectivity index is 3.41. The number of hydrogen-bond acceptors (Lipinski definition) is 3. The van der Waals surface area contributed by atoms with Crippen molar-refractivity contribution in [2.75, 3.05) is 7.11 Å². The van der Waals surface area contributed by atoms with Crippen LogP contribution in [0.15, 0.2) is 12.1 Å². The first-order valence-corrected chi connectivity index (χ1v) is 4.68. The SMILES string of the molecule is COC(=O)c1cc(C)c(C)cc1C(C)=O. The Morgan fingerprint density at radius 3 is 1.93 bits per heavy atom. The molecular formula is C12H14O3. The Labute approximate surface area is 89.1 Å². The van der Waals surface area contributed by atoms with E-state index in [0.717, 1.165) is 11.1 Å². The summed E-state index contributed by atoms with van der Waals surface area (Å²) in [7, 11) is 1.31. The lowest BCUT2D eigenvalue weighted by Gasteiger charge is -2.08. The molecule has 0 radical (unpaired) electrons. The fourth-order valence-corrected chi connectivity index (χ4v) is 1.39. The van der Waals surface area contributed by atoms with Crippen molar-refractivity contribution in [2.45, 2.75) is 20.8 Å². The number of ketones is 1. The molecule has 0 aromatic heterocycles. The molecule has 1 rings (SSSR count). The predicted octanol–water partition coefficient (Wildman–Crippen LogP) is 2.29. The number of methoxy groups -OCH3 is 1. The Morgan fingerprint density at radius 2 is 1.53 bits per heavy atom. The van der Waals surface area contributed by atoms with Gasteiger partial charge >= 0.3 is 5.97 Å². The number of carbonyl (C=O) groups is 2. The number of aryl methyl sites for hydroxylation is 2. The van der Waals surface area contributed by atoms with E-state index < -0.39 is 5.97 Å². The highest BCUT2D eigenvalue weighted by atomic mass is 16.5. The van der Waals surface area contributed by atoms with E-state index in [1.165, 1.54) is 14.0 Å². The molecule has 3 heteroatoms. The van der Waals surface area contributed by atoms with Crippen LogP contribution >= 0.6 is 0 Å². The number of benzene rings is 1. The van der Waals surface area contributed by atoms with Gasteiger partial charge in [0.15, 0.2) is 5.78 Å². The summed E-state index contributed by atoms with van der Waals surface area (Å²) in [5, 5.41) is 0. The van der Waals surface area contributed by atoms with Crippen molar-refractivity contribution in [3.63, 3.8) is 0 Å². The maximum absolute atomic E-state index is 11.4. The van der Waals surface area contributed by atoms with Crippen LogP contribution in [0.2, 0.25) is 0 Å². The third-order valence-corrected chi connectivity index (χ3v) is 2.42. The van der Waals surface area contributed by atoms with Crippen molar-refractivity contribution in [2.24, 2.45) is 0 Å². The van der Waals surface area contributed by atoms with Crippen LogP contribution in [0.3, 0.4) is 0 Å². The fraction of sp³-hybridized carbons (Fsp3) is 0.333. The van der Waals surface area contributed by atoms with Gasteiger partial charge < -0.3 is 4.74 Å². The lowest BCUT2D eigenvalue weighted by molar-refractivity contribution is 0.0597. The topological polar surface area (TPSA) is 43.4 Å². The van der Waals surface area contributed by atoms with Crippen molar-refractivity contribution < 1.29 is 14.3 Å². The Hall–Kier alpha value is -1.64. The summed E-state index contributed by atoms with van der Waals surface area (Å²) in [5.74, 6) is -0.596. The predicted molar refractivity (Wildman–Crippen MR) is 57.3 cm³/mol. The van der Waals surface area contributed by atoms with Gasteiger partial charge in [0, 0.05) is 5.56 Å². The second kappa shape index (κ2) is 4.26. The monoisotopic (exact) mass is 206 g/mol. The molecule has 0 bridgehead atoms. The van der Waals surface area contributed by atoms with Gasteiger partial charge in [-0.25, -0.2) is 4.79 Å². The maximum atomic E-state index is 11.4. The van der Waals surface area contributed by atoms with E-state index in [1.807, 2.05) is 13.8 Å². The minimum absolute atomic E-state index is 0.126. The van der Waals surface area contributed by atoms with Crippen LogP contribution in [-0.2, 0) is 4.74 Å². The summed E-state index contributed by atoms with van der Waals surface area (Å²) < 4.78 is 4.63. The maximum Gasteiger partial charge on any atom is 0.338 e. The van der Waals surface area contributed by atoms with Gasteiger partial charge in [0.2, 0.25) is 0 Å². The van der Waals surface area contributed by atoms with Gasteiger partial charge in [0.05, 0.1) is 12.7 Å². The third-order valence-electron chi connectivity index (χ3n) is 2.42. The largest absolute Gasteiger partial charge is 0.465 e. The molecule has 0 aliphatic carbocycles. The van der Waals surface area contributed by atoms with Crippen LogP contribution in [0.5, 0.6) is 0 Å². The van der Waals surface area contributed by atoms with Gasteiger partial charge in [0.1, 0.15) is 0 Å². The molecule has 0 atom stereocenters. The normalized spacial score (nSPS) is 9.87. The molecule has 80 valence electrons. The molecule has 1 aromatic rings. The van der Waals surface area contributed by atoms with Gasteiger partial charge in [-0.2, -0.15) is 0 Å². The van der Waals surface area contributed by atoms with E-state index in [9.17, 15) is 9.59 Å². The van der Waals surface area contributed by atoms with Crippen LogP contribution in [0.1, 0.15) is 38.8 Å². The van der Waals surface area contributed by atoms with Crippen molar-refractivity contribution in [1.29, 1.82) is 0 Å². The highest BCUT2D eigenvalue weighted by Crippen LogP contribution is 2.17. The lowest BCUT2D eigenvalue weighted by Crippen LogP contribution is -2.09. The molecular weight excluding hydrogens is 192 g/mol. The van der Waals surface area contributed by atoms with Crippen molar-refractivity contribution in [3.05, 3.63) is 34.4 Å². The third kappa shape index (κ3) is 2.24. The van der Waals surface area contributed by atoms with Crippen LogP contribution < -0.4 is 0 Å². The van der Waals surface area contributed by atoms with Crippen LogP contribution in [0, 0.1) is 13.8 Å². The van der Waals surface area contributed by atoms with Crippen molar-refractivity contribution in [3.8, 4) is 0 Å². The lowest BCUT2D eigenvalue weighted by atomic mass is 9.98. The number of ether oxygens (including phenoxy) is 1. The molecule has 0 amide bonds. The molecule has 0 N–H and O–H groups in total. The second-order valence-corrected chi connectivity index (χ2v) is 3.53. The van der Waals surface area contributed by atoms with Gasteiger partial charge in [-0.1, -0.05) is 0 Å². The summed E-state index contributed by atoms with van der Waals surface area (Å²) in [6.07, 6.45) is 0. The van der Waals surface area contributed by atoms with E-state index in [0.29, 0.717) is 11.1 Å². The minimum Gasteiger partial charge on any atom is -0.465 e. The molecule has 1 aromatic carbocycles. The van der Waals surface area contributed by atoms with E-state index in [4.69, 9.17) is 0 Å². The average Bonchev–Trinajstić information content (AvgIpc) is 2.20. The summed E-state index contributed by atoms with van der Waals surface area (Å²) in [4.78, 5) is 22.8. The summed E-state index contributed by atoms with van der Waals surface area (Å²) >= 11 is 0. The number of hydrogen-bond donors (Lipinski definition) is 0. The average molecular weight is 206 g/mol. The highest BCUT2D eigenvalue weighted by Gasteiger charge is 2.16. The highest BCUT2D eigenvalue weighted by molar-refractivity contribution is 6.05. The first kappa shape index (κ1) is 11.4. The molecule has 0 spiro atoms. The van der Waals surface area contributed by atoms with E-state index in [-0.39, 0.29) is 5.78 Å². The molecule has 0 aliphatic rings. The number of carbonyl (C=O) groups excluding carboxylic acids is 2. The summed E-state index contributed by atoms with van der Waals surface area (Å²) in [6.45, 7) is 5.24. The molecule has 0 saturated carbocycles. The first-order chi connectivity index (χ1) is 6.97. The first-order valence-electron chi connectivity index (χ1n) is 4.68. The minimum atomic E-state index is -0.469. The Bertz CT molecular complexity index is 419. The zero-order valence-electron chi connectivity index (χ0n) is 9.38. The standard InChI is InChI=1S/C12H14O3/c1-7-5-10(9(3)13)11(6-8(7)2)12(14)15-4/h5-6H,1-4H3. The van der Waals surface area contributed by atoms with Gasteiger partial charge in [-0.05, 0) is 44.0 Å². The van der Waals surface area contributed by atoms with E-state index in [2.05, 4.69) is 4.74 Å². The molecule has 0 unspecified atom stereocenters. The Morgan fingerprint density at radius 1 is 1.07 bits per heavy atom. The number of rotatable bonds is 2. The van der Waals surface area contributed by atoms with Crippen LogP contribution in [0.4, 0.5) is 0 Å². The molecule has 0 aliphatic heterocycles. The van der Waals surface area contributed by atoms with Gasteiger partial charge in [-0.3, -0.25) is 4.79 Å². The Kier molecular flexibility index (Phi) is 3.24. The van der Waals surface area contributed by atoms with Crippen LogP contribution in [0.25, 0.3) is 0 Å². The van der Waals surface area contributed by atoms with Crippen LogP contribution in [-0.4, -0.2) is 18.9 Å². The molecule has 0 saturated heterocycles. The molecule has 15 heavy (non-hydrogen) atoms. The smallest absolute Gasteiger partial charge is 0.338 e. The van der Waals surface area contributed by atoms with E-state index >= 15 is 0 Å². The summed E-state index contributed by atoms with van der Waals surface area (Å²) in [5.41, 5.74) is 2.73. The zero-order valence-corrected chi connectivity index (χ0v) is 9.38. The quantitative estimate of drug-likeness (QED) is 0.550. The van der Waals surface area contributed by atoms with Crippen molar-refractivity contribution >= 4 is 11.8 Å². The fourth-order valence-electron chi connectivity index (χ4n) is 1.39. The summed E-state index contributed by atoms with van der Waals surface area (Å²) in [6, 6.07) is 3.42. The molecule has 0 fully saturated rings. The van der Waals surface area contributed by atoms with Gasteiger partial charge in [0.25, 0.3) is 0 Å².